The van der Waals surface area contributed by atoms with Crippen molar-refractivity contribution in [1.82, 2.24) is 10.2 Å². The summed E-state index contributed by atoms with van der Waals surface area (Å²) in [6.07, 6.45) is 5.16. The Morgan fingerprint density at radius 3 is 2.36 bits per heavy atom. The van der Waals surface area contributed by atoms with E-state index in [2.05, 4.69) is 15.5 Å². The molecule has 28 heavy (non-hydrogen) atoms. The number of hydrogen-bond acceptors (Lipinski definition) is 2. The molecule has 4 nitrogen and oxygen atoms in total. The van der Waals surface area contributed by atoms with Gasteiger partial charge in [0.25, 0.3) is 0 Å². The third kappa shape index (κ3) is 4.33. The Hall–Kier alpha value is -2.47. The van der Waals surface area contributed by atoms with Crippen LogP contribution in [0.25, 0.3) is 0 Å². The van der Waals surface area contributed by atoms with E-state index in [0.29, 0.717) is 12.1 Å². The van der Waals surface area contributed by atoms with E-state index in [1.807, 2.05) is 12.1 Å². The molecule has 2 aliphatic rings. The van der Waals surface area contributed by atoms with Crippen LogP contribution in [0.2, 0.25) is 0 Å². The minimum atomic E-state index is -0.441. The summed E-state index contributed by atoms with van der Waals surface area (Å²) in [5.74, 6) is -0.656. The highest BCUT2D eigenvalue weighted by molar-refractivity contribution is 5.89. The van der Waals surface area contributed by atoms with Crippen molar-refractivity contribution in [2.45, 2.75) is 56.8 Å². The lowest BCUT2D eigenvalue weighted by Gasteiger charge is -2.49. The number of hydrogen-bond donors (Lipinski definition) is 2. The summed E-state index contributed by atoms with van der Waals surface area (Å²) in [4.78, 5) is 14.8. The Labute approximate surface area is 163 Å². The molecule has 0 aromatic heterocycles. The van der Waals surface area contributed by atoms with Crippen molar-refractivity contribution >= 4 is 11.7 Å². The van der Waals surface area contributed by atoms with Crippen molar-refractivity contribution in [3.05, 3.63) is 65.7 Å². The second-order valence-electron chi connectivity index (χ2n) is 7.78. The van der Waals surface area contributed by atoms with Crippen LogP contribution >= 0.6 is 0 Å². The molecule has 2 atom stereocenters. The second kappa shape index (κ2) is 8.27. The number of anilines is 1. The normalized spacial score (nSPS) is 24.6. The molecule has 2 aromatic carbocycles. The molecule has 2 aromatic rings. The molecule has 0 aliphatic carbocycles. The van der Waals surface area contributed by atoms with Gasteiger partial charge >= 0.3 is 6.03 Å². The standard InChI is InChI=1S/C22H25F2N3O/c23-16-10-8-15(9-11-16)14-27-18-4-3-5-19(27)13-17(12-18)25-22(28)26-21-7-2-1-6-20(21)24/h1-2,6-11,17-19H,3-5,12-14H2,(H2,25,26,28)/t18-,19-/m1/s1. The zero-order chi connectivity index (χ0) is 19.5. The van der Waals surface area contributed by atoms with Gasteiger partial charge in [0.15, 0.2) is 0 Å². The maximum absolute atomic E-state index is 13.7. The lowest BCUT2D eigenvalue weighted by Crippen LogP contribution is -2.56. The van der Waals surface area contributed by atoms with Crippen LogP contribution in [-0.2, 0) is 6.54 Å². The molecule has 2 heterocycles. The summed E-state index contributed by atoms with van der Waals surface area (Å²) < 4.78 is 26.9. The van der Waals surface area contributed by atoms with Gasteiger partial charge in [-0.3, -0.25) is 4.90 Å². The van der Waals surface area contributed by atoms with E-state index in [1.54, 1.807) is 18.2 Å². The monoisotopic (exact) mass is 385 g/mol. The molecule has 0 unspecified atom stereocenters. The summed E-state index contributed by atoms with van der Waals surface area (Å²) >= 11 is 0. The van der Waals surface area contributed by atoms with Crippen molar-refractivity contribution in [3.8, 4) is 0 Å². The minimum Gasteiger partial charge on any atom is -0.335 e. The average Bonchev–Trinajstić information content (AvgIpc) is 2.66. The predicted octanol–water partition coefficient (Wildman–Crippen LogP) is 4.67. The lowest BCUT2D eigenvalue weighted by molar-refractivity contribution is 0.0200. The summed E-state index contributed by atoms with van der Waals surface area (Å²) in [5, 5.41) is 5.63. The highest BCUT2D eigenvalue weighted by Crippen LogP contribution is 2.35. The number of benzene rings is 2. The van der Waals surface area contributed by atoms with Crippen molar-refractivity contribution in [2.75, 3.05) is 5.32 Å². The van der Waals surface area contributed by atoms with Gasteiger partial charge in [0.1, 0.15) is 11.6 Å². The Bertz CT molecular complexity index is 813. The number of halogens is 2. The highest BCUT2D eigenvalue weighted by atomic mass is 19.1. The Morgan fingerprint density at radius 2 is 1.68 bits per heavy atom. The smallest absolute Gasteiger partial charge is 0.319 e. The van der Waals surface area contributed by atoms with Crippen LogP contribution < -0.4 is 10.6 Å². The number of nitrogens with one attached hydrogen (secondary N) is 2. The zero-order valence-electron chi connectivity index (χ0n) is 15.7. The van der Waals surface area contributed by atoms with E-state index in [4.69, 9.17) is 0 Å². The maximum atomic E-state index is 13.7. The predicted molar refractivity (Wildman–Crippen MR) is 105 cm³/mol. The first-order chi connectivity index (χ1) is 13.6. The van der Waals surface area contributed by atoms with Crippen LogP contribution in [0.15, 0.2) is 48.5 Å². The number of urea groups is 1. The first kappa shape index (κ1) is 18.9. The number of carbonyl (C=O) groups excluding carboxylic acids is 1. The fourth-order valence-corrected chi connectivity index (χ4v) is 4.56. The van der Waals surface area contributed by atoms with E-state index >= 15 is 0 Å². The van der Waals surface area contributed by atoms with Gasteiger partial charge in [-0.1, -0.05) is 30.7 Å². The number of para-hydroxylation sites is 1. The van der Waals surface area contributed by atoms with Gasteiger partial charge in [-0.15, -0.1) is 0 Å². The van der Waals surface area contributed by atoms with Gasteiger partial charge in [0.2, 0.25) is 0 Å². The fraction of sp³-hybridized carbons (Fsp3) is 0.409. The molecule has 2 N–H and O–H groups in total. The van der Waals surface area contributed by atoms with Crippen molar-refractivity contribution in [1.29, 1.82) is 0 Å². The zero-order valence-corrected chi connectivity index (χ0v) is 15.7. The van der Waals surface area contributed by atoms with E-state index in [9.17, 15) is 13.6 Å². The number of rotatable bonds is 4. The molecule has 4 rings (SSSR count). The molecule has 2 amide bonds. The Balaban J connectivity index is 1.37. The summed E-state index contributed by atoms with van der Waals surface area (Å²) in [5.41, 5.74) is 1.30. The van der Waals surface area contributed by atoms with Gasteiger partial charge in [-0.05, 0) is 55.5 Å². The number of fused-ring (bicyclic) bond motifs is 2. The number of piperidine rings is 2. The summed E-state index contributed by atoms with van der Waals surface area (Å²) in [7, 11) is 0. The van der Waals surface area contributed by atoms with Gasteiger partial charge < -0.3 is 10.6 Å². The van der Waals surface area contributed by atoms with Crippen molar-refractivity contribution in [2.24, 2.45) is 0 Å². The molecule has 0 spiro atoms. The average molecular weight is 385 g/mol. The molecule has 148 valence electrons. The molecule has 2 aliphatic heterocycles. The quantitative estimate of drug-likeness (QED) is 0.803. The summed E-state index contributed by atoms with van der Waals surface area (Å²) in [6, 6.07) is 13.4. The SMILES string of the molecule is O=C(Nc1ccccc1F)NC1C[C@H]2CCC[C@H](C1)N2Cc1ccc(F)cc1. The van der Waals surface area contributed by atoms with Crippen LogP contribution in [0.1, 0.15) is 37.7 Å². The summed E-state index contributed by atoms with van der Waals surface area (Å²) in [6.45, 7) is 0.809. The first-order valence-corrected chi connectivity index (χ1v) is 9.91. The number of amides is 2. The van der Waals surface area contributed by atoms with Crippen molar-refractivity contribution < 1.29 is 13.6 Å². The largest absolute Gasteiger partial charge is 0.335 e. The molecule has 2 saturated heterocycles. The van der Waals surface area contributed by atoms with Gasteiger partial charge in [0.05, 0.1) is 5.69 Å². The van der Waals surface area contributed by atoms with E-state index in [-0.39, 0.29) is 23.6 Å². The maximum Gasteiger partial charge on any atom is 0.319 e. The fourth-order valence-electron chi connectivity index (χ4n) is 4.56. The van der Waals surface area contributed by atoms with Gasteiger partial charge in [0, 0.05) is 24.7 Å². The van der Waals surface area contributed by atoms with E-state index in [1.165, 1.54) is 24.6 Å². The molecular weight excluding hydrogens is 360 g/mol. The van der Waals surface area contributed by atoms with E-state index in [0.717, 1.165) is 37.8 Å². The molecular formula is C22H25F2N3O. The molecule has 0 saturated carbocycles. The third-order valence-electron chi connectivity index (χ3n) is 5.86. The number of carbonyl (C=O) groups is 1. The highest BCUT2D eigenvalue weighted by Gasteiger charge is 2.38. The van der Waals surface area contributed by atoms with Crippen LogP contribution in [0.3, 0.4) is 0 Å². The number of nitrogens with zero attached hydrogens (tertiary/aromatic N) is 1. The Morgan fingerprint density at radius 1 is 1.00 bits per heavy atom. The van der Waals surface area contributed by atoms with Crippen LogP contribution in [0, 0.1) is 11.6 Å². The van der Waals surface area contributed by atoms with Crippen LogP contribution in [-0.4, -0.2) is 29.1 Å². The van der Waals surface area contributed by atoms with Crippen LogP contribution in [0.4, 0.5) is 19.3 Å². The molecule has 0 radical (unpaired) electrons. The van der Waals surface area contributed by atoms with Gasteiger partial charge in [-0.2, -0.15) is 0 Å². The first-order valence-electron chi connectivity index (χ1n) is 9.91. The topological polar surface area (TPSA) is 44.4 Å². The van der Waals surface area contributed by atoms with Gasteiger partial charge in [-0.25, -0.2) is 13.6 Å². The Kier molecular flexibility index (Phi) is 5.57. The molecule has 6 heteroatoms. The van der Waals surface area contributed by atoms with Crippen LogP contribution in [0.5, 0.6) is 0 Å². The molecule has 2 fully saturated rings. The third-order valence-corrected chi connectivity index (χ3v) is 5.86. The minimum absolute atomic E-state index is 0.0755. The van der Waals surface area contributed by atoms with E-state index < -0.39 is 5.82 Å². The van der Waals surface area contributed by atoms with Crippen molar-refractivity contribution in [3.63, 3.8) is 0 Å². The lowest BCUT2D eigenvalue weighted by atomic mass is 9.81. The second-order valence-corrected chi connectivity index (χ2v) is 7.78. The molecule has 2 bridgehead atoms.